The lowest BCUT2D eigenvalue weighted by Crippen LogP contribution is -2.38. The van der Waals surface area contributed by atoms with E-state index in [4.69, 9.17) is 0 Å². The summed E-state index contributed by atoms with van der Waals surface area (Å²) in [4.78, 5) is 0. The van der Waals surface area contributed by atoms with Crippen LogP contribution < -0.4 is 0 Å². The van der Waals surface area contributed by atoms with Crippen molar-refractivity contribution in [2.45, 2.75) is 11.8 Å². The Kier molecular flexibility index (Phi) is 2.94. The minimum atomic E-state index is -1.95. The maximum atomic E-state index is 9.58. The molecule has 0 spiro atoms. The summed E-state index contributed by atoms with van der Waals surface area (Å²) in [6, 6.07) is 8.39. The molecule has 0 aliphatic heterocycles. The van der Waals surface area contributed by atoms with E-state index in [1.165, 1.54) is 6.08 Å². The molecule has 1 unspecified atom stereocenters. The van der Waals surface area contributed by atoms with Crippen LogP contribution in [0.25, 0.3) is 0 Å². The molecule has 82 valence electrons. The third-order valence-corrected chi connectivity index (χ3v) is 2.24. The van der Waals surface area contributed by atoms with Gasteiger partial charge in [-0.05, 0) is 18.2 Å². The van der Waals surface area contributed by atoms with Crippen LogP contribution in [0, 0.1) is 0 Å². The number of nitrogens with zero attached hydrogens (tertiary/aromatic N) is 2. The van der Waals surface area contributed by atoms with Crippen LogP contribution in [-0.4, -0.2) is 22.0 Å². The van der Waals surface area contributed by atoms with Crippen LogP contribution in [0.2, 0.25) is 0 Å². The predicted molar refractivity (Wildman–Crippen MR) is 60.2 cm³/mol. The highest BCUT2D eigenvalue weighted by Crippen LogP contribution is 2.20. The van der Waals surface area contributed by atoms with Crippen molar-refractivity contribution < 1.29 is 10.2 Å². The molecular weight excluding hydrogens is 204 g/mol. The fourth-order valence-corrected chi connectivity index (χ4v) is 1.35. The second-order valence-corrected chi connectivity index (χ2v) is 3.52. The Morgan fingerprint density at radius 2 is 1.81 bits per heavy atom. The molecule has 0 bridgehead atoms. The highest BCUT2D eigenvalue weighted by atomic mass is 16.5. The van der Waals surface area contributed by atoms with Gasteiger partial charge in [0.1, 0.15) is 6.04 Å². The topological polar surface area (TPSA) is 65.2 Å². The first-order valence-corrected chi connectivity index (χ1v) is 4.95. The molecule has 0 heterocycles. The van der Waals surface area contributed by atoms with Gasteiger partial charge in [0.15, 0.2) is 0 Å². The molecule has 2 rings (SSSR count). The molecule has 1 aliphatic rings. The van der Waals surface area contributed by atoms with Crippen molar-refractivity contribution in [3.63, 3.8) is 0 Å². The quantitative estimate of drug-likeness (QED) is 0.586. The minimum absolute atomic E-state index is 0.682. The molecule has 16 heavy (non-hydrogen) atoms. The first-order chi connectivity index (χ1) is 7.68. The lowest BCUT2D eigenvalue weighted by atomic mass is 10.0. The Morgan fingerprint density at radius 1 is 1.06 bits per heavy atom. The van der Waals surface area contributed by atoms with Crippen molar-refractivity contribution in [1.29, 1.82) is 0 Å². The maximum Gasteiger partial charge on any atom is 0.211 e. The van der Waals surface area contributed by atoms with Gasteiger partial charge in [0, 0.05) is 0 Å². The first-order valence-electron chi connectivity index (χ1n) is 4.95. The van der Waals surface area contributed by atoms with Crippen molar-refractivity contribution in [3.05, 3.63) is 54.6 Å². The fraction of sp³-hybridized carbons (Fsp3) is 0.167. The van der Waals surface area contributed by atoms with Gasteiger partial charge >= 0.3 is 0 Å². The third kappa shape index (κ3) is 2.42. The van der Waals surface area contributed by atoms with E-state index >= 15 is 0 Å². The Labute approximate surface area is 93.3 Å². The summed E-state index contributed by atoms with van der Waals surface area (Å²) in [5.41, 5.74) is 0.682. The van der Waals surface area contributed by atoms with Gasteiger partial charge in [0.2, 0.25) is 5.79 Å². The SMILES string of the molecule is OC1(O)C=CC=CC1N=Nc1ccccc1. The molecule has 2 N–H and O–H groups in total. The highest BCUT2D eigenvalue weighted by molar-refractivity contribution is 5.35. The van der Waals surface area contributed by atoms with Gasteiger partial charge in [-0.1, -0.05) is 36.4 Å². The van der Waals surface area contributed by atoms with Gasteiger partial charge in [-0.3, -0.25) is 0 Å². The maximum absolute atomic E-state index is 9.58. The molecule has 0 fully saturated rings. The molecule has 1 aromatic rings. The number of benzene rings is 1. The minimum Gasteiger partial charge on any atom is -0.360 e. The van der Waals surface area contributed by atoms with Crippen LogP contribution in [0.4, 0.5) is 5.69 Å². The van der Waals surface area contributed by atoms with E-state index in [0.29, 0.717) is 5.69 Å². The number of aliphatic hydroxyl groups is 2. The van der Waals surface area contributed by atoms with E-state index in [2.05, 4.69) is 10.2 Å². The molecule has 1 atom stereocenters. The molecular formula is C12H12N2O2. The highest BCUT2D eigenvalue weighted by Gasteiger charge is 2.31. The van der Waals surface area contributed by atoms with Gasteiger partial charge < -0.3 is 10.2 Å². The normalized spacial score (nSPS) is 22.8. The van der Waals surface area contributed by atoms with Crippen molar-refractivity contribution in [3.8, 4) is 0 Å². The molecule has 4 heteroatoms. The van der Waals surface area contributed by atoms with E-state index in [1.54, 1.807) is 30.4 Å². The van der Waals surface area contributed by atoms with Crippen molar-refractivity contribution in [1.82, 2.24) is 0 Å². The number of allylic oxidation sites excluding steroid dienone is 2. The second kappa shape index (κ2) is 4.38. The van der Waals surface area contributed by atoms with Crippen molar-refractivity contribution in [2.24, 2.45) is 10.2 Å². The summed E-state index contributed by atoms with van der Waals surface area (Å²) in [7, 11) is 0. The van der Waals surface area contributed by atoms with Crippen LogP contribution in [-0.2, 0) is 0 Å². The van der Waals surface area contributed by atoms with Crippen LogP contribution in [0.5, 0.6) is 0 Å². The van der Waals surface area contributed by atoms with Gasteiger partial charge in [0.05, 0.1) is 5.69 Å². The van der Waals surface area contributed by atoms with Crippen molar-refractivity contribution in [2.75, 3.05) is 0 Å². The van der Waals surface area contributed by atoms with E-state index in [0.717, 1.165) is 0 Å². The largest absolute Gasteiger partial charge is 0.360 e. The summed E-state index contributed by atoms with van der Waals surface area (Å²) in [6.45, 7) is 0. The monoisotopic (exact) mass is 216 g/mol. The average Bonchev–Trinajstić information content (AvgIpc) is 2.28. The number of rotatable bonds is 2. The molecule has 0 saturated carbocycles. The van der Waals surface area contributed by atoms with Gasteiger partial charge in [-0.2, -0.15) is 10.2 Å². The van der Waals surface area contributed by atoms with Gasteiger partial charge in [0.25, 0.3) is 0 Å². The van der Waals surface area contributed by atoms with Crippen molar-refractivity contribution >= 4 is 5.69 Å². The summed E-state index contributed by atoms with van der Waals surface area (Å²) < 4.78 is 0. The predicted octanol–water partition coefficient (Wildman–Crippen LogP) is 1.95. The first kappa shape index (κ1) is 10.7. The molecule has 1 aromatic carbocycles. The standard InChI is InChI=1S/C12H12N2O2/c15-12(16)9-5-4-8-11(12)14-13-10-6-2-1-3-7-10/h1-9,11,15-16H. The molecule has 0 amide bonds. The molecule has 1 aliphatic carbocycles. The summed E-state index contributed by atoms with van der Waals surface area (Å²) in [5, 5.41) is 27.0. The zero-order valence-corrected chi connectivity index (χ0v) is 8.56. The Hall–Kier alpha value is -1.78. The molecule has 0 aromatic heterocycles. The fourth-order valence-electron chi connectivity index (χ4n) is 1.35. The number of hydrogen-bond donors (Lipinski definition) is 2. The Bertz CT molecular complexity index is 436. The Morgan fingerprint density at radius 3 is 2.50 bits per heavy atom. The van der Waals surface area contributed by atoms with Gasteiger partial charge in [-0.15, -0.1) is 0 Å². The Balaban J connectivity index is 2.13. The zero-order valence-electron chi connectivity index (χ0n) is 8.56. The van der Waals surface area contributed by atoms with Crippen LogP contribution in [0.15, 0.2) is 64.9 Å². The van der Waals surface area contributed by atoms with E-state index < -0.39 is 11.8 Å². The molecule has 0 saturated heterocycles. The lowest BCUT2D eigenvalue weighted by Gasteiger charge is -2.23. The van der Waals surface area contributed by atoms with E-state index in [9.17, 15) is 10.2 Å². The van der Waals surface area contributed by atoms with E-state index in [1.807, 2.05) is 18.2 Å². The second-order valence-electron chi connectivity index (χ2n) is 3.52. The third-order valence-electron chi connectivity index (χ3n) is 2.24. The summed E-state index contributed by atoms with van der Waals surface area (Å²) in [6.07, 6.45) is 6.14. The summed E-state index contributed by atoms with van der Waals surface area (Å²) >= 11 is 0. The molecule has 0 radical (unpaired) electrons. The average molecular weight is 216 g/mol. The van der Waals surface area contributed by atoms with Crippen LogP contribution in [0.3, 0.4) is 0 Å². The summed E-state index contributed by atoms with van der Waals surface area (Å²) in [5.74, 6) is -1.95. The van der Waals surface area contributed by atoms with Crippen LogP contribution in [0.1, 0.15) is 0 Å². The number of hydrogen-bond acceptors (Lipinski definition) is 4. The van der Waals surface area contributed by atoms with Gasteiger partial charge in [-0.25, -0.2) is 0 Å². The van der Waals surface area contributed by atoms with E-state index in [-0.39, 0.29) is 0 Å². The zero-order chi connectivity index (χ0) is 11.4. The number of azo groups is 1. The molecule has 4 nitrogen and oxygen atoms in total. The van der Waals surface area contributed by atoms with Crippen LogP contribution >= 0.6 is 0 Å². The smallest absolute Gasteiger partial charge is 0.211 e. The lowest BCUT2D eigenvalue weighted by molar-refractivity contribution is -0.126.